The van der Waals surface area contributed by atoms with Gasteiger partial charge in [-0.25, -0.2) is 9.37 Å². The Morgan fingerprint density at radius 1 is 1.47 bits per heavy atom. The first kappa shape index (κ1) is 12.9. The van der Waals surface area contributed by atoms with E-state index < -0.39 is 0 Å². The maximum atomic E-state index is 13.0. The molecule has 1 heterocycles. The maximum absolute atomic E-state index is 13.0. The minimum absolute atomic E-state index is 0.172. The molecule has 0 saturated heterocycles. The Hall–Kier alpha value is -0.580. The highest BCUT2D eigenvalue weighted by Gasteiger charge is 2.11. The van der Waals surface area contributed by atoms with Crippen LogP contribution in [-0.4, -0.2) is 4.98 Å². The second-order valence-electron chi connectivity index (χ2n) is 3.69. The van der Waals surface area contributed by atoms with Crippen LogP contribution in [0.4, 0.5) is 4.39 Å². The standard InChI is InChI=1S/C12H11ClFNS2/c1-7-6-16-12(15-7)17-8(2)9-3-4-11(14)10(13)5-9/h3-6,8H,1-2H3. The minimum Gasteiger partial charge on any atom is -0.235 e. The van der Waals surface area contributed by atoms with Crippen molar-refractivity contribution in [2.45, 2.75) is 23.4 Å². The minimum atomic E-state index is -0.377. The van der Waals surface area contributed by atoms with Crippen LogP contribution in [0.5, 0.6) is 0 Å². The SMILES string of the molecule is Cc1csc(SC(C)c2ccc(F)c(Cl)c2)n1. The summed E-state index contributed by atoms with van der Waals surface area (Å²) in [5.41, 5.74) is 2.04. The van der Waals surface area contributed by atoms with Gasteiger partial charge in [-0.3, -0.25) is 0 Å². The second-order valence-corrected chi connectivity index (χ2v) is 6.54. The van der Waals surface area contributed by atoms with Gasteiger partial charge in [0.1, 0.15) is 5.82 Å². The van der Waals surface area contributed by atoms with Crippen molar-refractivity contribution < 1.29 is 4.39 Å². The molecule has 0 fully saturated rings. The van der Waals surface area contributed by atoms with E-state index in [0.717, 1.165) is 15.6 Å². The predicted molar refractivity (Wildman–Crippen MR) is 72.5 cm³/mol. The average molecular weight is 288 g/mol. The number of nitrogens with zero attached hydrogens (tertiary/aromatic N) is 1. The number of hydrogen-bond donors (Lipinski definition) is 0. The molecule has 0 aliphatic heterocycles. The van der Waals surface area contributed by atoms with Crippen LogP contribution in [0.1, 0.15) is 23.4 Å². The first-order valence-corrected chi connectivity index (χ1v) is 7.23. The summed E-state index contributed by atoms with van der Waals surface area (Å²) in [5.74, 6) is -0.377. The van der Waals surface area contributed by atoms with Crippen LogP contribution in [0, 0.1) is 12.7 Å². The van der Waals surface area contributed by atoms with Crippen molar-refractivity contribution in [2.75, 3.05) is 0 Å². The zero-order valence-corrected chi connectivity index (χ0v) is 11.8. The zero-order valence-electron chi connectivity index (χ0n) is 9.41. The molecule has 1 nitrogen and oxygen atoms in total. The van der Waals surface area contributed by atoms with Gasteiger partial charge in [0, 0.05) is 16.3 Å². The van der Waals surface area contributed by atoms with E-state index in [4.69, 9.17) is 11.6 Å². The van der Waals surface area contributed by atoms with E-state index in [9.17, 15) is 4.39 Å². The van der Waals surface area contributed by atoms with Crippen LogP contribution in [-0.2, 0) is 0 Å². The molecule has 5 heteroatoms. The highest BCUT2D eigenvalue weighted by molar-refractivity contribution is 8.01. The van der Waals surface area contributed by atoms with Gasteiger partial charge in [-0.05, 0) is 31.5 Å². The number of aryl methyl sites for hydroxylation is 1. The van der Waals surface area contributed by atoms with E-state index in [1.807, 2.05) is 12.3 Å². The molecule has 0 spiro atoms. The Balaban J connectivity index is 2.14. The fraction of sp³-hybridized carbons (Fsp3) is 0.250. The van der Waals surface area contributed by atoms with E-state index in [1.54, 1.807) is 35.2 Å². The van der Waals surface area contributed by atoms with E-state index in [0.29, 0.717) is 0 Å². The molecule has 2 rings (SSSR count). The molecule has 0 saturated carbocycles. The van der Waals surface area contributed by atoms with E-state index in [1.165, 1.54) is 6.07 Å². The van der Waals surface area contributed by atoms with Crippen molar-refractivity contribution in [1.82, 2.24) is 4.98 Å². The molecule has 0 radical (unpaired) electrons. The number of thiazole rings is 1. The topological polar surface area (TPSA) is 12.9 Å². The fourth-order valence-corrected chi connectivity index (χ4v) is 3.66. The number of thioether (sulfide) groups is 1. The molecule has 1 aromatic carbocycles. The maximum Gasteiger partial charge on any atom is 0.150 e. The van der Waals surface area contributed by atoms with Crippen molar-refractivity contribution in [3.8, 4) is 0 Å². The average Bonchev–Trinajstić information content (AvgIpc) is 2.68. The van der Waals surface area contributed by atoms with Gasteiger partial charge >= 0.3 is 0 Å². The summed E-state index contributed by atoms with van der Waals surface area (Å²) < 4.78 is 14.1. The van der Waals surface area contributed by atoms with Gasteiger partial charge in [-0.2, -0.15) is 0 Å². The number of benzene rings is 1. The smallest absolute Gasteiger partial charge is 0.150 e. The summed E-state index contributed by atoms with van der Waals surface area (Å²) in [6.07, 6.45) is 0. The predicted octanol–water partition coefficient (Wildman–Crippen LogP) is 5.10. The third-order valence-corrected chi connectivity index (χ3v) is 4.83. The van der Waals surface area contributed by atoms with Crippen LogP contribution in [0.3, 0.4) is 0 Å². The summed E-state index contributed by atoms with van der Waals surface area (Å²) in [6.45, 7) is 4.03. The number of aromatic nitrogens is 1. The van der Waals surface area contributed by atoms with Crippen LogP contribution >= 0.6 is 34.7 Å². The zero-order chi connectivity index (χ0) is 12.4. The Labute approximate surface area is 113 Å². The molecule has 17 heavy (non-hydrogen) atoms. The molecule has 0 amide bonds. The third-order valence-electron chi connectivity index (χ3n) is 2.29. The van der Waals surface area contributed by atoms with Crippen LogP contribution in [0.2, 0.25) is 5.02 Å². The number of rotatable bonds is 3. The Bertz CT molecular complexity index is 527. The van der Waals surface area contributed by atoms with Gasteiger partial charge in [0.05, 0.1) is 5.02 Å². The summed E-state index contributed by atoms with van der Waals surface area (Å²) in [4.78, 5) is 4.39. The van der Waals surface area contributed by atoms with Gasteiger partial charge in [-0.15, -0.1) is 11.3 Å². The summed E-state index contributed by atoms with van der Waals surface area (Å²) in [5, 5.41) is 2.40. The quantitative estimate of drug-likeness (QED) is 0.729. The first-order valence-electron chi connectivity index (χ1n) is 5.10. The lowest BCUT2D eigenvalue weighted by Gasteiger charge is -2.10. The van der Waals surface area contributed by atoms with Crippen molar-refractivity contribution in [3.63, 3.8) is 0 Å². The van der Waals surface area contributed by atoms with Gasteiger partial charge in [0.15, 0.2) is 4.34 Å². The molecule has 1 aromatic heterocycles. The normalized spacial score (nSPS) is 12.7. The van der Waals surface area contributed by atoms with E-state index >= 15 is 0 Å². The van der Waals surface area contributed by atoms with Crippen LogP contribution in [0.25, 0.3) is 0 Å². The van der Waals surface area contributed by atoms with Crippen LogP contribution < -0.4 is 0 Å². The van der Waals surface area contributed by atoms with Gasteiger partial charge in [0.25, 0.3) is 0 Å². The molecular weight excluding hydrogens is 277 g/mol. The highest BCUT2D eigenvalue weighted by atomic mass is 35.5. The summed E-state index contributed by atoms with van der Waals surface area (Å²) >= 11 is 9.05. The van der Waals surface area contributed by atoms with Crippen LogP contribution in [0.15, 0.2) is 27.9 Å². The van der Waals surface area contributed by atoms with Crippen molar-refractivity contribution in [1.29, 1.82) is 0 Å². The van der Waals surface area contributed by atoms with Gasteiger partial charge in [-0.1, -0.05) is 29.4 Å². The van der Waals surface area contributed by atoms with Crippen molar-refractivity contribution in [2.24, 2.45) is 0 Å². The molecular formula is C12H11ClFNS2. The molecule has 0 aliphatic carbocycles. The lowest BCUT2D eigenvalue weighted by molar-refractivity contribution is 0.627. The Kier molecular flexibility index (Phi) is 4.07. The molecule has 0 bridgehead atoms. The fourth-order valence-electron chi connectivity index (χ4n) is 1.37. The lowest BCUT2D eigenvalue weighted by Crippen LogP contribution is -1.89. The molecule has 2 aromatic rings. The highest BCUT2D eigenvalue weighted by Crippen LogP contribution is 2.37. The van der Waals surface area contributed by atoms with E-state index in [2.05, 4.69) is 11.9 Å². The molecule has 0 aliphatic rings. The summed E-state index contributed by atoms with van der Waals surface area (Å²) in [7, 11) is 0. The van der Waals surface area contributed by atoms with Gasteiger partial charge < -0.3 is 0 Å². The second kappa shape index (κ2) is 5.38. The molecule has 1 atom stereocenters. The Morgan fingerprint density at radius 3 is 2.82 bits per heavy atom. The van der Waals surface area contributed by atoms with Crippen molar-refractivity contribution >= 4 is 34.7 Å². The largest absolute Gasteiger partial charge is 0.235 e. The van der Waals surface area contributed by atoms with Crippen molar-refractivity contribution in [3.05, 3.63) is 45.7 Å². The molecule has 1 unspecified atom stereocenters. The lowest BCUT2D eigenvalue weighted by atomic mass is 10.2. The summed E-state index contributed by atoms with van der Waals surface area (Å²) in [6, 6.07) is 4.84. The number of halogens is 2. The molecule has 0 N–H and O–H groups in total. The van der Waals surface area contributed by atoms with Gasteiger partial charge in [0.2, 0.25) is 0 Å². The number of hydrogen-bond acceptors (Lipinski definition) is 3. The third kappa shape index (κ3) is 3.21. The first-order chi connectivity index (χ1) is 8.06. The Morgan fingerprint density at radius 2 is 2.24 bits per heavy atom. The van der Waals surface area contributed by atoms with E-state index in [-0.39, 0.29) is 16.1 Å². The molecule has 90 valence electrons. The monoisotopic (exact) mass is 287 g/mol.